The number of benzene rings is 2. The number of thiophene rings is 1. The highest BCUT2D eigenvalue weighted by molar-refractivity contribution is 7.12. The van der Waals surface area contributed by atoms with Crippen molar-refractivity contribution >= 4 is 29.0 Å². The fourth-order valence-corrected chi connectivity index (χ4v) is 4.79. The Hall–Kier alpha value is -3.19. The molecule has 2 aliphatic heterocycles. The molecule has 2 unspecified atom stereocenters. The Labute approximate surface area is 170 Å². The Morgan fingerprint density at radius 2 is 1.90 bits per heavy atom. The van der Waals surface area contributed by atoms with E-state index >= 15 is 0 Å². The molecule has 2 aromatic carbocycles. The van der Waals surface area contributed by atoms with E-state index in [0.717, 1.165) is 5.56 Å². The van der Waals surface area contributed by atoms with Crippen LogP contribution >= 0.6 is 11.3 Å². The minimum Gasteiger partial charge on any atom is -0.467 e. The van der Waals surface area contributed by atoms with Crippen LogP contribution < -0.4 is 9.64 Å². The molecule has 0 spiro atoms. The maximum atomic E-state index is 13.6. The number of anilines is 1. The van der Waals surface area contributed by atoms with Crippen molar-refractivity contribution in [3.63, 3.8) is 0 Å². The maximum Gasteiger partial charge on any atom is 0.335 e. The van der Waals surface area contributed by atoms with E-state index in [1.54, 1.807) is 17.5 Å². The third kappa shape index (κ3) is 2.73. The van der Waals surface area contributed by atoms with Crippen LogP contribution in [0.5, 0.6) is 5.75 Å². The molecule has 0 aliphatic carbocycles. The number of imide groups is 1. The Balaban J connectivity index is 1.68. The number of carbonyl (C=O) groups is 2. The number of hydrogen-bond acceptors (Lipinski definition) is 4. The fraction of sp³-hybridized carbons (Fsp3) is 0.182. The van der Waals surface area contributed by atoms with Crippen LogP contribution in [-0.4, -0.2) is 22.6 Å². The first-order valence-corrected chi connectivity index (χ1v) is 10.1. The van der Waals surface area contributed by atoms with Gasteiger partial charge in [-0.3, -0.25) is 14.6 Å². The standard InChI is InChI=1S/C22H17FN2O3S/c1-22-13-17(16-5-2-3-6-18(16)28-22)24(20(26)19-7-4-12-29-19)21(27)25(22)15-10-8-14(23)9-11-15/h2-12,17H,13H2,1H3. The highest BCUT2D eigenvalue weighted by atomic mass is 32.1. The number of fused-ring (bicyclic) bond motifs is 4. The minimum atomic E-state index is -1.000. The van der Waals surface area contributed by atoms with Crippen molar-refractivity contribution in [2.24, 2.45) is 0 Å². The second-order valence-corrected chi connectivity index (χ2v) is 8.23. The number of urea groups is 1. The molecule has 0 saturated carbocycles. The van der Waals surface area contributed by atoms with Gasteiger partial charge in [0.1, 0.15) is 11.6 Å². The first-order valence-electron chi connectivity index (χ1n) is 9.23. The van der Waals surface area contributed by atoms with Gasteiger partial charge in [-0.1, -0.05) is 24.3 Å². The van der Waals surface area contributed by atoms with Crippen LogP contribution in [0.15, 0.2) is 66.0 Å². The monoisotopic (exact) mass is 408 g/mol. The summed E-state index contributed by atoms with van der Waals surface area (Å²) in [7, 11) is 0. The number of hydrogen-bond donors (Lipinski definition) is 0. The van der Waals surface area contributed by atoms with Crippen LogP contribution in [0.25, 0.3) is 0 Å². The summed E-state index contributed by atoms with van der Waals surface area (Å²) < 4.78 is 19.7. The molecule has 2 aliphatic rings. The number of ether oxygens (including phenoxy) is 1. The van der Waals surface area contributed by atoms with Gasteiger partial charge in [0, 0.05) is 17.7 Å². The predicted octanol–water partition coefficient (Wildman–Crippen LogP) is 5.21. The number of rotatable bonds is 2. The van der Waals surface area contributed by atoms with Crippen LogP contribution in [0.3, 0.4) is 0 Å². The second-order valence-electron chi connectivity index (χ2n) is 7.28. The molecule has 5 nitrogen and oxygen atoms in total. The average molecular weight is 408 g/mol. The summed E-state index contributed by atoms with van der Waals surface area (Å²) in [5.41, 5.74) is 0.280. The lowest BCUT2D eigenvalue weighted by molar-refractivity contribution is 0.00283. The molecular weight excluding hydrogens is 391 g/mol. The van der Waals surface area contributed by atoms with Crippen molar-refractivity contribution in [2.45, 2.75) is 25.1 Å². The summed E-state index contributed by atoms with van der Waals surface area (Å²) in [6.07, 6.45) is 0.407. The molecule has 5 rings (SSSR count). The third-order valence-electron chi connectivity index (χ3n) is 5.40. The number of carbonyl (C=O) groups excluding carboxylic acids is 2. The van der Waals surface area contributed by atoms with Crippen molar-refractivity contribution in [3.8, 4) is 5.75 Å². The summed E-state index contributed by atoms with van der Waals surface area (Å²) in [6.45, 7) is 1.82. The van der Waals surface area contributed by atoms with E-state index in [2.05, 4.69) is 0 Å². The highest BCUT2D eigenvalue weighted by Crippen LogP contribution is 2.49. The maximum absolute atomic E-state index is 13.6. The number of nitrogens with zero attached hydrogens (tertiary/aromatic N) is 2. The smallest absolute Gasteiger partial charge is 0.335 e. The van der Waals surface area contributed by atoms with Crippen molar-refractivity contribution in [2.75, 3.05) is 4.90 Å². The van der Waals surface area contributed by atoms with Crippen molar-refractivity contribution in [3.05, 3.63) is 82.3 Å². The lowest BCUT2D eigenvalue weighted by Crippen LogP contribution is -2.67. The second kappa shape index (κ2) is 6.42. The number of para-hydroxylation sites is 1. The Morgan fingerprint density at radius 1 is 1.14 bits per heavy atom. The SMILES string of the molecule is CC12CC(c3ccccc3O1)N(C(=O)c1cccs1)C(=O)N2c1ccc(F)cc1. The van der Waals surface area contributed by atoms with Crippen LogP contribution in [0.1, 0.15) is 34.6 Å². The van der Waals surface area contributed by atoms with Gasteiger partial charge in [0.05, 0.1) is 10.9 Å². The van der Waals surface area contributed by atoms with Crippen LogP contribution in [0.4, 0.5) is 14.9 Å². The van der Waals surface area contributed by atoms with Gasteiger partial charge in [0.15, 0.2) is 5.72 Å². The quantitative estimate of drug-likeness (QED) is 0.585. The Morgan fingerprint density at radius 3 is 2.62 bits per heavy atom. The lowest BCUT2D eigenvalue weighted by Gasteiger charge is -2.53. The minimum absolute atomic E-state index is 0.346. The number of amides is 3. The van der Waals surface area contributed by atoms with Crippen LogP contribution in [0.2, 0.25) is 0 Å². The van der Waals surface area contributed by atoms with E-state index in [4.69, 9.17) is 4.74 Å². The molecule has 29 heavy (non-hydrogen) atoms. The largest absolute Gasteiger partial charge is 0.467 e. The molecular formula is C22H17FN2O3S. The molecule has 1 aromatic heterocycles. The van der Waals surface area contributed by atoms with E-state index in [9.17, 15) is 14.0 Å². The van der Waals surface area contributed by atoms with Crippen molar-refractivity contribution in [1.29, 1.82) is 0 Å². The summed E-state index contributed by atoms with van der Waals surface area (Å²) in [4.78, 5) is 30.2. The zero-order valence-electron chi connectivity index (χ0n) is 15.5. The van der Waals surface area contributed by atoms with Gasteiger partial charge in [-0.25, -0.2) is 9.18 Å². The van der Waals surface area contributed by atoms with Gasteiger partial charge < -0.3 is 4.74 Å². The zero-order valence-corrected chi connectivity index (χ0v) is 16.4. The van der Waals surface area contributed by atoms with E-state index in [0.29, 0.717) is 22.7 Å². The zero-order chi connectivity index (χ0) is 20.2. The molecule has 1 saturated heterocycles. The van der Waals surface area contributed by atoms with Gasteiger partial charge in [-0.2, -0.15) is 0 Å². The van der Waals surface area contributed by atoms with Crippen LogP contribution in [-0.2, 0) is 0 Å². The van der Waals surface area contributed by atoms with Gasteiger partial charge in [-0.15, -0.1) is 11.3 Å². The van der Waals surface area contributed by atoms with Gasteiger partial charge in [0.2, 0.25) is 0 Å². The molecule has 3 aromatic rings. The lowest BCUT2D eigenvalue weighted by atomic mass is 9.88. The van der Waals surface area contributed by atoms with E-state index in [1.807, 2.05) is 31.2 Å². The first-order chi connectivity index (χ1) is 14.0. The first kappa shape index (κ1) is 17.9. The van der Waals surface area contributed by atoms with Crippen LogP contribution in [0, 0.1) is 5.82 Å². The highest BCUT2D eigenvalue weighted by Gasteiger charge is 2.55. The molecule has 3 amide bonds. The summed E-state index contributed by atoms with van der Waals surface area (Å²) >= 11 is 1.29. The summed E-state index contributed by atoms with van der Waals surface area (Å²) in [5.74, 6) is -0.113. The average Bonchev–Trinajstić information content (AvgIpc) is 3.24. The molecule has 0 N–H and O–H groups in total. The van der Waals surface area contributed by atoms with E-state index < -0.39 is 23.6 Å². The fourth-order valence-electron chi connectivity index (χ4n) is 4.13. The predicted molar refractivity (Wildman–Crippen MR) is 108 cm³/mol. The third-order valence-corrected chi connectivity index (χ3v) is 6.26. The van der Waals surface area contributed by atoms with Gasteiger partial charge in [0.25, 0.3) is 5.91 Å². The topological polar surface area (TPSA) is 49.9 Å². The molecule has 2 bridgehead atoms. The Bertz CT molecular complexity index is 1100. The molecule has 7 heteroatoms. The molecule has 2 atom stereocenters. The van der Waals surface area contributed by atoms with Crippen molar-refractivity contribution in [1.82, 2.24) is 4.90 Å². The van der Waals surface area contributed by atoms with E-state index in [-0.39, 0.29) is 5.91 Å². The Kier molecular flexibility index (Phi) is 3.96. The molecule has 0 radical (unpaired) electrons. The summed E-state index contributed by atoms with van der Waals surface area (Å²) in [5, 5.41) is 1.81. The normalized spacial score (nSPS) is 22.8. The van der Waals surface area contributed by atoms with Gasteiger partial charge in [-0.05, 0) is 48.7 Å². The summed E-state index contributed by atoms with van der Waals surface area (Å²) in [6, 6.07) is 15.7. The molecule has 1 fully saturated rings. The van der Waals surface area contributed by atoms with E-state index in [1.165, 1.54) is 45.4 Å². The molecule has 3 heterocycles. The number of halogens is 1. The van der Waals surface area contributed by atoms with Gasteiger partial charge >= 0.3 is 6.03 Å². The molecule has 146 valence electrons. The van der Waals surface area contributed by atoms with Crippen molar-refractivity contribution < 1.29 is 18.7 Å².